The minimum Gasteiger partial charge on any atom is -0.493 e. The lowest BCUT2D eigenvalue weighted by Gasteiger charge is -2.14. The predicted octanol–water partition coefficient (Wildman–Crippen LogP) is 4.32. The number of nitrogens with zero attached hydrogens (tertiary/aromatic N) is 3. The van der Waals surface area contributed by atoms with Crippen LogP contribution in [0.5, 0.6) is 11.5 Å². The lowest BCUT2D eigenvalue weighted by molar-refractivity contribution is -0.116. The van der Waals surface area contributed by atoms with E-state index < -0.39 is 5.97 Å². The molecule has 0 bridgehead atoms. The van der Waals surface area contributed by atoms with Gasteiger partial charge in [-0.1, -0.05) is 0 Å². The van der Waals surface area contributed by atoms with Crippen LogP contribution in [0.1, 0.15) is 34.9 Å². The van der Waals surface area contributed by atoms with Crippen molar-refractivity contribution in [3.63, 3.8) is 0 Å². The van der Waals surface area contributed by atoms with E-state index in [1.54, 1.807) is 37.5 Å². The molecule has 0 saturated carbocycles. The highest BCUT2D eigenvalue weighted by Gasteiger charge is 2.20. The molecule has 2 aromatic heterocycles. The first-order valence-corrected chi connectivity index (χ1v) is 11.2. The lowest BCUT2D eigenvalue weighted by Crippen LogP contribution is -2.27. The van der Waals surface area contributed by atoms with E-state index in [2.05, 4.69) is 9.97 Å². The molecule has 0 saturated heterocycles. The fourth-order valence-corrected chi connectivity index (χ4v) is 4.74. The van der Waals surface area contributed by atoms with Gasteiger partial charge in [0.2, 0.25) is 5.91 Å². The van der Waals surface area contributed by atoms with E-state index >= 15 is 0 Å². The van der Waals surface area contributed by atoms with Gasteiger partial charge in [0.1, 0.15) is 16.5 Å². The standard InChI is InChI=1S/C21H23N3O5S2/c1-6-24(13(3)25)21-23-15(11-30-21)10-29-20(26)18-12(2)22-19(31-18)14-7-8-16(27-4)17(9-14)28-5/h7-9,11H,6,10H2,1-5H3. The van der Waals surface area contributed by atoms with E-state index in [0.29, 0.717) is 44.4 Å². The number of carbonyl (C=O) groups is 2. The summed E-state index contributed by atoms with van der Waals surface area (Å²) in [6.45, 7) is 5.69. The van der Waals surface area contributed by atoms with Gasteiger partial charge in [-0.25, -0.2) is 14.8 Å². The summed E-state index contributed by atoms with van der Waals surface area (Å²) in [5, 5.41) is 3.05. The topological polar surface area (TPSA) is 90.9 Å². The van der Waals surface area contributed by atoms with Gasteiger partial charge in [-0.15, -0.1) is 22.7 Å². The molecule has 0 atom stereocenters. The average molecular weight is 462 g/mol. The molecule has 0 radical (unpaired) electrons. The lowest BCUT2D eigenvalue weighted by atomic mass is 10.2. The minimum absolute atomic E-state index is 0.0217. The number of hydrogen-bond donors (Lipinski definition) is 0. The van der Waals surface area contributed by atoms with Crippen LogP contribution in [0.25, 0.3) is 10.6 Å². The summed E-state index contributed by atoms with van der Waals surface area (Å²) in [6, 6.07) is 5.47. The van der Waals surface area contributed by atoms with Crippen molar-refractivity contribution in [1.82, 2.24) is 9.97 Å². The third-order valence-electron chi connectivity index (χ3n) is 4.43. The Hall–Kier alpha value is -2.98. The Labute approximate surface area is 188 Å². The van der Waals surface area contributed by atoms with E-state index in [1.807, 2.05) is 19.1 Å². The van der Waals surface area contributed by atoms with Crippen LogP contribution >= 0.6 is 22.7 Å². The number of anilines is 1. The maximum atomic E-state index is 12.6. The zero-order valence-electron chi connectivity index (χ0n) is 17.9. The van der Waals surface area contributed by atoms with Gasteiger partial charge in [-0.3, -0.25) is 9.69 Å². The van der Waals surface area contributed by atoms with Crippen LogP contribution in [-0.4, -0.2) is 42.6 Å². The number of ether oxygens (including phenoxy) is 3. The quantitative estimate of drug-likeness (QED) is 0.461. The number of rotatable bonds is 8. The van der Waals surface area contributed by atoms with Crippen LogP contribution in [-0.2, 0) is 16.1 Å². The molecule has 31 heavy (non-hydrogen) atoms. The van der Waals surface area contributed by atoms with Crippen LogP contribution in [0, 0.1) is 6.92 Å². The largest absolute Gasteiger partial charge is 0.493 e. The van der Waals surface area contributed by atoms with Gasteiger partial charge in [0.05, 0.1) is 25.6 Å². The molecule has 1 amide bonds. The zero-order valence-corrected chi connectivity index (χ0v) is 19.6. The molecule has 0 aliphatic heterocycles. The second-order valence-electron chi connectivity index (χ2n) is 6.46. The Kier molecular flexibility index (Phi) is 7.24. The smallest absolute Gasteiger partial charge is 0.350 e. The van der Waals surface area contributed by atoms with Gasteiger partial charge in [-0.2, -0.15) is 0 Å². The van der Waals surface area contributed by atoms with Crippen molar-refractivity contribution in [2.75, 3.05) is 25.7 Å². The Morgan fingerprint density at radius 1 is 1.13 bits per heavy atom. The molecule has 0 fully saturated rings. The molecular weight excluding hydrogens is 438 g/mol. The number of amides is 1. The number of esters is 1. The van der Waals surface area contributed by atoms with E-state index in [-0.39, 0.29) is 12.5 Å². The van der Waals surface area contributed by atoms with Crippen LogP contribution in [0.3, 0.4) is 0 Å². The molecule has 0 N–H and O–H groups in total. The highest BCUT2D eigenvalue weighted by atomic mass is 32.1. The summed E-state index contributed by atoms with van der Waals surface area (Å²) in [5.74, 6) is 0.662. The maximum Gasteiger partial charge on any atom is 0.350 e. The van der Waals surface area contributed by atoms with Crippen molar-refractivity contribution in [3.8, 4) is 22.1 Å². The van der Waals surface area contributed by atoms with Gasteiger partial charge >= 0.3 is 5.97 Å². The van der Waals surface area contributed by atoms with Crippen molar-refractivity contribution in [1.29, 1.82) is 0 Å². The fourth-order valence-electron chi connectivity index (χ4n) is 2.86. The Morgan fingerprint density at radius 3 is 2.52 bits per heavy atom. The van der Waals surface area contributed by atoms with Crippen molar-refractivity contribution in [2.24, 2.45) is 0 Å². The summed E-state index contributed by atoms with van der Waals surface area (Å²) < 4.78 is 16.0. The molecule has 1 aromatic carbocycles. The fraction of sp³-hybridized carbons (Fsp3) is 0.333. The third kappa shape index (κ3) is 5.02. The normalized spacial score (nSPS) is 10.6. The summed E-state index contributed by atoms with van der Waals surface area (Å²) in [7, 11) is 3.14. The number of benzene rings is 1. The first-order valence-electron chi connectivity index (χ1n) is 9.47. The summed E-state index contributed by atoms with van der Waals surface area (Å²) in [5.41, 5.74) is 2.00. The number of thiazole rings is 2. The first kappa shape index (κ1) is 22.7. The van der Waals surface area contributed by atoms with E-state index in [4.69, 9.17) is 14.2 Å². The Balaban J connectivity index is 1.72. The molecule has 0 unspecified atom stereocenters. The van der Waals surface area contributed by atoms with Crippen molar-refractivity contribution in [3.05, 3.63) is 39.8 Å². The third-order valence-corrected chi connectivity index (χ3v) is 6.53. The number of carbonyl (C=O) groups excluding carboxylic acids is 2. The number of aromatic nitrogens is 2. The van der Waals surface area contributed by atoms with Crippen molar-refractivity contribution in [2.45, 2.75) is 27.4 Å². The van der Waals surface area contributed by atoms with Crippen molar-refractivity contribution >= 4 is 39.7 Å². The highest BCUT2D eigenvalue weighted by Crippen LogP contribution is 2.35. The maximum absolute atomic E-state index is 12.6. The van der Waals surface area contributed by atoms with Gasteiger partial charge in [-0.05, 0) is 32.0 Å². The Morgan fingerprint density at radius 2 is 1.87 bits per heavy atom. The summed E-state index contributed by atoms with van der Waals surface area (Å²) in [6.07, 6.45) is 0. The van der Waals surface area contributed by atoms with Gasteiger partial charge < -0.3 is 14.2 Å². The molecular formula is C21H23N3O5S2. The molecule has 164 valence electrons. The van der Waals surface area contributed by atoms with E-state index in [0.717, 1.165) is 5.56 Å². The average Bonchev–Trinajstić information content (AvgIpc) is 3.38. The first-order chi connectivity index (χ1) is 14.9. The van der Waals surface area contributed by atoms with E-state index in [9.17, 15) is 9.59 Å². The molecule has 2 heterocycles. The van der Waals surface area contributed by atoms with Gasteiger partial charge in [0.15, 0.2) is 16.6 Å². The second-order valence-corrected chi connectivity index (χ2v) is 8.30. The van der Waals surface area contributed by atoms with E-state index in [1.165, 1.54) is 29.6 Å². The summed E-state index contributed by atoms with van der Waals surface area (Å²) >= 11 is 2.59. The second kappa shape index (κ2) is 9.88. The van der Waals surface area contributed by atoms with Gasteiger partial charge in [0, 0.05) is 24.4 Å². The molecule has 0 aliphatic carbocycles. The van der Waals surface area contributed by atoms with Crippen LogP contribution in [0.2, 0.25) is 0 Å². The minimum atomic E-state index is -0.463. The predicted molar refractivity (Wildman–Crippen MR) is 120 cm³/mol. The highest BCUT2D eigenvalue weighted by molar-refractivity contribution is 7.17. The number of aryl methyl sites for hydroxylation is 1. The summed E-state index contributed by atoms with van der Waals surface area (Å²) in [4.78, 5) is 35.2. The zero-order chi connectivity index (χ0) is 22.5. The van der Waals surface area contributed by atoms with Gasteiger partial charge in [0.25, 0.3) is 0 Å². The molecule has 3 aromatic rings. The molecule has 10 heteroatoms. The molecule has 0 aliphatic rings. The number of methoxy groups -OCH3 is 2. The molecule has 0 spiro atoms. The monoisotopic (exact) mass is 461 g/mol. The Bertz CT molecular complexity index is 1090. The molecule has 8 nitrogen and oxygen atoms in total. The van der Waals surface area contributed by atoms with Crippen LogP contribution < -0.4 is 14.4 Å². The van der Waals surface area contributed by atoms with Crippen molar-refractivity contribution < 1.29 is 23.8 Å². The van der Waals surface area contributed by atoms with Crippen LogP contribution in [0.4, 0.5) is 5.13 Å². The van der Waals surface area contributed by atoms with Crippen LogP contribution in [0.15, 0.2) is 23.6 Å². The SMILES string of the molecule is CCN(C(C)=O)c1nc(COC(=O)c2sc(-c3ccc(OC)c(OC)c3)nc2C)cs1. The molecule has 3 rings (SSSR count). The number of hydrogen-bond acceptors (Lipinski definition) is 9.